The first-order chi connectivity index (χ1) is 14.7. The zero-order valence-corrected chi connectivity index (χ0v) is 19.9. The average Bonchev–Trinajstić information content (AvgIpc) is 2.71. The van der Waals surface area contributed by atoms with E-state index in [1.54, 1.807) is 18.2 Å². The summed E-state index contributed by atoms with van der Waals surface area (Å²) in [6.07, 6.45) is -0.902. The van der Waals surface area contributed by atoms with Gasteiger partial charge in [0.05, 0.1) is 32.3 Å². The number of benzene rings is 2. The van der Waals surface area contributed by atoms with Gasteiger partial charge < -0.3 is 20.4 Å². The zero-order chi connectivity index (χ0) is 23.1. The van der Waals surface area contributed by atoms with Crippen LogP contribution < -0.4 is 10.2 Å². The topological polar surface area (TPSA) is 141 Å². The van der Waals surface area contributed by atoms with Gasteiger partial charge >= 0.3 is 0 Å². The highest BCUT2D eigenvalue weighted by atomic mass is 79.9. The Kier molecular flexibility index (Phi) is 9.04. The van der Waals surface area contributed by atoms with E-state index in [-0.39, 0.29) is 24.7 Å². The highest BCUT2D eigenvalue weighted by Gasteiger charge is 2.16. The number of halogens is 2. The van der Waals surface area contributed by atoms with Gasteiger partial charge in [-0.05, 0) is 57.0 Å². The van der Waals surface area contributed by atoms with E-state index in [2.05, 4.69) is 47.4 Å². The van der Waals surface area contributed by atoms with Crippen LogP contribution in [-0.2, 0) is 4.79 Å². The van der Waals surface area contributed by atoms with Gasteiger partial charge in [0.2, 0.25) is 5.91 Å². The van der Waals surface area contributed by atoms with Gasteiger partial charge in [-0.25, -0.2) is 0 Å². The first-order valence-electron chi connectivity index (χ1n) is 9.16. The van der Waals surface area contributed by atoms with Gasteiger partial charge in [0, 0.05) is 37.8 Å². The average molecular weight is 559 g/mol. The zero-order valence-electron chi connectivity index (χ0n) is 16.7. The molecule has 10 nitrogen and oxygen atoms in total. The Bertz CT molecular complexity index is 979. The molecule has 0 spiro atoms. The summed E-state index contributed by atoms with van der Waals surface area (Å²) < 4.78 is 0.760. The number of nitro groups is 1. The molecule has 0 bridgehead atoms. The van der Waals surface area contributed by atoms with Crippen LogP contribution in [0.15, 0.2) is 49.5 Å². The maximum absolute atomic E-state index is 11.7. The molecule has 31 heavy (non-hydrogen) atoms. The van der Waals surface area contributed by atoms with Crippen LogP contribution >= 0.6 is 31.9 Å². The molecule has 2 aromatic rings. The molecular weight excluding hydrogens is 538 g/mol. The Labute approximate surface area is 195 Å². The summed E-state index contributed by atoms with van der Waals surface area (Å²) in [6, 6.07) is 7.76. The van der Waals surface area contributed by atoms with E-state index in [1.165, 1.54) is 19.1 Å². The summed E-state index contributed by atoms with van der Waals surface area (Å²) in [7, 11) is 0. The number of carbonyl (C=O) groups is 1. The number of nitrogens with zero attached hydrogens (tertiary/aromatic N) is 4. The van der Waals surface area contributed by atoms with Gasteiger partial charge in [-0.1, -0.05) is 0 Å². The minimum atomic E-state index is -0.902. The number of amides is 1. The monoisotopic (exact) mass is 557 g/mol. The fraction of sp³-hybridized carbons (Fsp3) is 0.316. The number of anilines is 2. The van der Waals surface area contributed by atoms with Crippen molar-refractivity contribution in [1.29, 1.82) is 0 Å². The van der Waals surface area contributed by atoms with Crippen LogP contribution in [0.2, 0.25) is 0 Å². The fourth-order valence-electron chi connectivity index (χ4n) is 2.68. The standard InChI is InChI=1S/C19H21Br2N5O5/c1-3-25(9-14(29)10-27)12-4-5-17(18(8-12)22-11(2)28)23-24-19-15(20)6-13(26(30)31)7-16(19)21/h4-8,14,27,29H,3,9-10H2,1-2H3,(H,22,28)/t14-/m0/s1. The van der Waals surface area contributed by atoms with Crippen LogP contribution in [0, 0.1) is 10.1 Å². The van der Waals surface area contributed by atoms with Crippen molar-refractivity contribution in [2.75, 3.05) is 29.9 Å². The van der Waals surface area contributed by atoms with Crippen molar-refractivity contribution in [2.24, 2.45) is 10.2 Å². The van der Waals surface area contributed by atoms with Crippen molar-refractivity contribution < 1.29 is 19.9 Å². The molecule has 0 radical (unpaired) electrons. The lowest BCUT2D eigenvalue weighted by Crippen LogP contribution is -2.34. The molecule has 1 amide bonds. The van der Waals surface area contributed by atoms with Crippen LogP contribution in [0.3, 0.4) is 0 Å². The summed E-state index contributed by atoms with van der Waals surface area (Å²) in [4.78, 5) is 24.0. The molecule has 0 aliphatic carbocycles. The summed E-state index contributed by atoms with van der Waals surface area (Å²) in [6.45, 7) is 3.69. The molecule has 0 unspecified atom stereocenters. The molecule has 2 aromatic carbocycles. The number of nitro benzene ring substituents is 1. The second-order valence-electron chi connectivity index (χ2n) is 6.47. The highest BCUT2D eigenvalue weighted by Crippen LogP contribution is 2.39. The van der Waals surface area contributed by atoms with E-state index in [1.807, 2.05) is 11.8 Å². The summed E-state index contributed by atoms with van der Waals surface area (Å²) in [5.41, 5.74) is 1.74. The third-order valence-electron chi connectivity index (χ3n) is 4.15. The molecule has 0 aromatic heterocycles. The first-order valence-corrected chi connectivity index (χ1v) is 10.8. The van der Waals surface area contributed by atoms with Crippen LogP contribution in [0.5, 0.6) is 0 Å². The lowest BCUT2D eigenvalue weighted by Gasteiger charge is -2.26. The van der Waals surface area contributed by atoms with E-state index in [0.717, 1.165) is 5.69 Å². The second-order valence-corrected chi connectivity index (χ2v) is 8.18. The molecular formula is C19H21Br2N5O5. The van der Waals surface area contributed by atoms with Crippen LogP contribution in [-0.4, -0.2) is 46.8 Å². The summed E-state index contributed by atoms with van der Waals surface area (Å²) >= 11 is 6.52. The van der Waals surface area contributed by atoms with Crippen LogP contribution in [0.25, 0.3) is 0 Å². The predicted molar refractivity (Wildman–Crippen MR) is 124 cm³/mol. The number of carbonyl (C=O) groups excluding carboxylic acids is 1. The van der Waals surface area contributed by atoms with Crippen molar-refractivity contribution in [3.05, 3.63) is 49.4 Å². The van der Waals surface area contributed by atoms with Gasteiger partial charge in [0.25, 0.3) is 5.69 Å². The molecule has 0 aliphatic heterocycles. The van der Waals surface area contributed by atoms with Crippen LogP contribution in [0.1, 0.15) is 13.8 Å². The molecule has 0 aliphatic rings. The van der Waals surface area contributed by atoms with Gasteiger partial charge in [0.1, 0.15) is 11.4 Å². The molecule has 0 heterocycles. The number of non-ortho nitro benzene ring substituents is 1. The van der Waals surface area contributed by atoms with Crippen molar-refractivity contribution in [3.8, 4) is 0 Å². The predicted octanol–water partition coefficient (Wildman–Crippen LogP) is 4.67. The Balaban J connectivity index is 2.42. The second kappa shape index (κ2) is 11.3. The minimum Gasteiger partial charge on any atom is -0.394 e. The van der Waals surface area contributed by atoms with Crippen molar-refractivity contribution >= 4 is 66.2 Å². The molecule has 3 N–H and O–H groups in total. The van der Waals surface area contributed by atoms with Crippen LogP contribution in [0.4, 0.5) is 28.4 Å². The van der Waals surface area contributed by atoms with E-state index in [9.17, 15) is 20.0 Å². The lowest BCUT2D eigenvalue weighted by molar-refractivity contribution is -0.385. The molecule has 0 saturated carbocycles. The molecule has 0 saturated heterocycles. The van der Waals surface area contributed by atoms with Gasteiger partial charge in [-0.2, -0.15) is 0 Å². The van der Waals surface area contributed by atoms with E-state index in [0.29, 0.717) is 32.6 Å². The fourth-order valence-corrected chi connectivity index (χ4v) is 4.00. The third kappa shape index (κ3) is 6.79. The quantitative estimate of drug-likeness (QED) is 0.232. The largest absolute Gasteiger partial charge is 0.394 e. The maximum atomic E-state index is 11.7. The van der Waals surface area contributed by atoms with E-state index >= 15 is 0 Å². The first kappa shape index (κ1) is 24.9. The Morgan fingerprint density at radius 2 is 1.90 bits per heavy atom. The third-order valence-corrected chi connectivity index (χ3v) is 5.36. The van der Waals surface area contributed by atoms with Crippen molar-refractivity contribution in [3.63, 3.8) is 0 Å². The Morgan fingerprint density at radius 1 is 1.26 bits per heavy atom. The number of aliphatic hydroxyl groups is 2. The molecule has 166 valence electrons. The highest BCUT2D eigenvalue weighted by molar-refractivity contribution is 9.11. The number of azo groups is 1. The molecule has 1 atom stereocenters. The number of hydrogen-bond acceptors (Lipinski definition) is 8. The van der Waals surface area contributed by atoms with Gasteiger partial charge in [-0.3, -0.25) is 14.9 Å². The number of hydrogen-bond donors (Lipinski definition) is 3. The lowest BCUT2D eigenvalue weighted by atomic mass is 10.2. The number of likely N-dealkylation sites (N-methyl/N-ethyl adjacent to an activating group) is 1. The number of rotatable bonds is 9. The van der Waals surface area contributed by atoms with E-state index in [4.69, 9.17) is 5.11 Å². The summed E-state index contributed by atoms with van der Waals surface area (Å²) in [5.74, 6) is -0.301. The number of aliphatic hydroxyl groups excluding tert-OH is 2. The van der Waals surface area contributed by atoms with Crippen molar-refractivity contribution in [2.45, 2.75) is 20.0 Å². The SMILES string of the molecule is CCN(C[C@H](O)CO)c1ccc(N=Nc2c(Br)cc([N+](=O)[O-])cc2Br)c(NC(C)=O)c1. The molecule has 0 fully saturated rings. The van der Waals surface area contributed by atoms with E-state index < -0.39 is 11.0 Å². The van der Waals surface area contributed by atoms with Gasteiger partial charge in [-0.15, -0.1) is 10.2 Å². The minimum absolute atomic E-state index is 0.106. The summed E-state index contributed by atoms with van der Waals surface area (Å²) in [5, 5.41) is 40.9. The molecule has 12 heteroatoms. The van der Waals surface area contributed by atoms with Gasteiger partial charge in [0.15, 0.2) is 0 Å². The maximum Gasteiger partial charge on any atom is 0.271 e. The molecule has 2 rings (SSSR count). The Hall–Kier alpha value is -2.41. The normalized spacial score (nSPS) is 12.1. The van der Waals surface area contributed by atoms with Crippen molar-refractivity contribution in [1.82, 2.24) is 0 Å². The Morgan fingerprint density at radius 3 is 2.42 bits per heavy atom. The number of nitrogens with one attached hydrogen (secondary N) is 1. The smallest absolute Gasteiger partial charge is 0.271 e.